The zero-order chi connectivity index (χ0) is 21.9. The highest BCUT2D eigenvalue weighted by Crippen LogP contribution is 2.52. The van der Waals surface area contributed by atoms with Gasteiger partial charge in [0.1, 0.15) is 12.5 Å². The molecule has 1 heterocycles. The van der Waals surface area contributed by atoms with Gasteiger partial charge in [-0.25, -0.2) is 9.59 Å². The molecule has 3 aliphatic rings. The molecule has 9 heteroatoms. The van der Waals surface area contributed by atoms with Crippen LogP contribution < -0.4 is 0 Å². The number of rotatable bonds is 3. The predicted octanol–water partition coefficient (Wildman–Crippen LogP) is 3.65. The Hall–Kier alpha value is -3.07. The first-order chi connectivity index (χ1) is 14.8. The summed E-state index contributed by atoms with van der Waals surface area (Å²) >= 11 is 0. The monoisotopic (exact) mass is 433 g/mol. The van der Waals surface area contributed by atoms with E-state index in [4.69, 9.17) is 9.47 Å². The van der Waals surface area contributed by atoms with Gasteiger partial charge in [0.2, 0.25) is 0 Å². The van der Waals surface area contributed by atoms with E-state index in [1.54, 1.807) is 0 Å². The smallest absolute Gasteiger partial charge is 0.410 e. The van der Waals surface area contributed by atoms with Crippen LogP contribution in [0.5, 0.6) is 0 Å². The molecule has 2 aromatic carbocycles. The van der Waals surface area contributed by atoms with Gasteiger partial charge in [-0.2, -0.15) is 13.2 Å². The van der Waals surface area contributed by atoms with Gasteiger partial charge in [-0.3, -0.25) is 4.90 Å². The van der Waals surface area contributed by atoms with Gasteiger partial charge in [-0.05, 0) is 22.3 Å². The number of nitrogens with zero attached hydrogens (tertiary/aromatic N) is 1. The van der Waals surface area contributed by atoms with Crippen LogP contribution in [0.2, 0.25) is 0 Å². The van der Waals surface area contributed by atoms with Crippen LogP contribution in [0.1, 0.15) is 17.0 Å². The number of carboxylic acids is 1. The molecule has 1 unspecified atom stereocenters. The molecule has 2 aromatic rings. The van der Waals surface area contributed by atoms with Gasteiger partial charge in [0, 0.05) is 5.92 Å². The van der Waals surface area contributed by atoms with E-state index < -0.39 is 49.0 Å². The molecule has 1 saturated carbocycles. The number of ether oxygens (including phenoxy) is 2. The van der Waals surface area contributed by atoms with E-state index in [2.05, 4.69) is 0 Å². The Labute approximate surface area is 175 Å². The quantitative estimate of drug-likeness (QED) is 0.800. The van der Waals surface area contributed by atoms with Gasteiger partial charge in [0.05, 0.1) is 18.8 Å². The van der Waals surface area contributed by atoms with E-state index in [0.717, 1.165) is 22.3 Å². The Morgan fingerprint density at radius 2 is 1.65 bits per heavy atom. The van der Waals surface area contributed by atoms with Crippen molar-refractivity contribution in [2.45, 2.75) is 30.3 Å². The number of fused-ring (bicyclic) bond motifs is 4. The number of carboxylic acid groups (broad SMARTS) is 1. The minimum Gasteiger partial charge on any atom is -0.480 e. The maximum Gasteiger partial charge on any atom is 0.410 e. The van der Waals surface area contributed by atoms with Gasteiger partial charge in [0.25, 0.3) is 0 Å². The first kappa shape index (κ1) is 19.9. The first-order valence-electron chi connectivity index (χ1n) is 9.83. The number of morpholine rings is 1. The van der Waals surface area contributed by atoms with Crippen molar-refractivity contribution < 1.29 is 37.3 Å². The molecule has 2 fully saturated rings. The van der Waals surface area contributed by atoms with Crippen LogP contribution in [-0.4, -0.2) is 59.6 Å². The standard InChI is InChI=1S/C22H18F3NO5/c23-22(24,25)17-18-19(17)30-10-16(20(27)28)26(18)21(29)31-9-15-13-7-3-1-5-11(13)12-6-2-4-8-14(12)15/h1-8,15-19H,9-10H2,(H,27,28)/t16-,17?,18+,19-/m0/s1. The lowest BCUT2D eigenvalue weighted by Crippen LogP contribution is -2.53. The summed E-state index contributed by atoms with van der Waals surface area (Å²) in [7, 11) is 0. The van der Waals surface area contributed by atoms with E-state index in [1.807, 2.05) is 48.5 Å². The van der Waals surface area contributed by atoms with E-state index in [0.29, 0.717) is 4.90 Å². The third-order valence-electron chi connectivity index (χ3n) is 6.23. The summed E-state index contributed by atoms with van der Waals surface area (Å²) in [6.45, 7) is -0.613. The lowest BCUT2D eigenvalue weighted by Gasteiger charge is -2.32. The summed E-state index contributed by atoms with van der Waals surface area (Å²) in [5.41, 5.74) is 3.91. The van der Waals surface area contributed by atoms with Crippen LogP contribution >= 0.6 is 0 Å². The van der Waals surface area contributed by atoms with Gasteiger partial charge in [-0.1, -0.05) is 48.5 Å². The number of aliphatic carboxylic acids is 1. The minimum atomic E-state index is -4.59. The fourth-order valence-corrected chi connectivity index (χ4v) is 4.78. The minimum absolute atomic E-state index is 0.107. The molecule has 2 aliphatic carbocycles. The van der Waals surface area contributed by atoms with Gasteiger partial charge in [-0.15, -0.1) is 0 Å². The molecular formula is C22H18F3NO5. The Kier molecular flexibility index (Phi) is 4.47. The fourth-order valence-electron chi connectivity index (χ4n) is 4.78. The molecule has 0 aromatic heterocycles. The summed E-state index contributed by atoms with van der Waals surface area (Å²) in [4.78, 5) is 25.1. The third-order valence-corrected chi connectivity index (χ3v) is 6.23. The number of benzene rings is 2. The number of carbonyl (C=O) groups excluding carboxylic acids is 1. The summed E-state index contributed by atoms with van der Waals surface area (Å²) < 4.78 is 50.3. The maximum absolute atomic E-state index is 13.3. The van der Waals surface area contributed by atoms with Gasteiger partial charge < -0.3 is 14.6 Å². The Balaban J connectivity index is 1.38. The zero-order valence-corrected chi connectivity index (χ0v) is 16.1. The van der Waals surface area contributed by atoms with Crippen molar-refractivity contribution in [3.8, 4) is 11.1 Å². The average Bonchev–Trinajstić information content (AvgIpc) is 3.41. The fraction of sp³-hybridized carbons (Fsp3) is 0.364. The Morgan fingerprint density at radius 1 is 1.06 bits per heavy atom. The number of hydrogen-bond donors (Lipinski definition) is 1. The lowest BCUT2D eigenvalue weighted by molar-refractivity contribution is -0.157. The molecule has 1 saturated heterocycles. The number of amides is 1. The largest absolute Gasteiger partial charge is 0.480 e. The second-order valence-corrected chi connectivity index (χ2v) is 7.92. The van der Waals surface area contributed by atoms with Crippen LogP contribution in [0.15, 0.2) is 48.5 Å². The number of alkyl halides is 3. The predicted molar refractivity (Wildman–Crippen MR) is 101 cm³/mol. The number of halogens is 3. The highest BCUT2D eigenvalue weighted by Gasteiger charge is 2.72. The van der Waals surface area contributed by atoms with Crippen molar-refractivity contribution in [2.75, 3.05) is 13.2 Å². The van der Waals surface area contributed by atoms with E-state index in [9.17, 15) is 27.9 Å². The zero-order valence-electron chi connectivity index (χ0n) is 16.1. The number of carbonyl (C=O) groups is 2. The molecular weight excluding hydrogens is 415 g/mol. The highest BCUT2D eigenvalue weighted by atomic mass is 19.4. The maximum atomic E-state index is 13.3. The van der Waals surface area contributed by atoms with Crippen LogP contribution in [-0.2, 0) is 14.3 Å². The molecule has 6 nitrogen and oxygen atoms in total. The average molecular weight is 433 g/mol. The SMILES string of the molecule is O=C(O)[C@@H]1CO[C@H]2C(C(F)(F)F)[C@H]2N1C(=O)OCC1c2ccccc2-c2ccccc21. The summed E-state index contributed by atoms with van der Waals surface area (Å²) in [5.74, 6) is -3.62. The van der Waals surface area contributed by atoms with Crippen LogP contribution in [0.25, 0.3) is 11.1 Å². The summed E-state index contributed by atoms with van der Waals surface area (Å²) in [5, 5.41) is 9.41. The molecule has 4 atom stereocenters. The topological polar surface area (TPSA) is 76.1 Å². The summed E-state index contributed by atoms with van der Waals surface area (Å²) in [6.07, 6.45) is -6.92. The van der Waals surface area contributed by atoms with Crippen molar-refractivity contribution in [3.63, 3.8) is 0 Å². The molecule has 1 aliphatic heterocycles. The highest BCUT2D eigenvalue weighted by molar-refractivity contribution is 5.82. The van der Waals surface area contributed by atoms with Crippen molar-refractivity contribution in [3.05, 3.63) is 59.7 Å². The van der Waals surface area contributed by atoms with Crippen LogP contribution in [0, 0.1) is 5.92 Å². The van der Waals surface area contributed by atoms with Crippen molar-refractivity contribution in [1.82, 2.24) is 4.90 Å². The van der Waals surface area contributed by atoms with E-state index >= 15 is 0 Å². The molecule has 1 N–H and O–H groups in total. The molecule has 0 bridgehead atoms. The van der Waals surface area contributed by atoms with Crippen molar-refractivity contribution in [1.29, 1.82) is 0 Å². The van der Waals surface area contributed by atoms with Crippen LogP contribution in [0.3, 0.4) is 0 Å². The molecule has 0 spiro atoms. The molecule has 0 radical (unpaired) electrons. The molecule has 162 valence electrons. The molecule has 1 amide bonds. The van der Waals surface area contributed by atoms with E-state index in [1.165, 1.54) is 0 Å². The molecule has 31 heavy (non-hydrogen) atoms. The first-order valence-corrected chi connectivity index (χ1v) is 9.83. The summed E-state index contributed by atoms with van der Waals surface area (Å²) in [6, 6.07) is 12.4. The van der Waals surface area contributed by atoms with E-state index in [-0.39, 0.29) is 12.5 Å². The second kappa shape index (κ2) is 6.98. The normalized spacial score (nSPS) is 26.6. The van der Waals surface area contributed by atoms with Crippen molar-refractivity contribution >= 4 is 12.1 Å². The van der Waals surface area contributed by atoms with Gasteiger partial charge in [0.15, 0.2) is 6.04 Å². The van der Waals surface area contributed by atoms with Crippen molar-refractivity contribution in [2.24, 2.45) is 5.92 Å². The van der Waals surface area contributed by atoms with Crippen LogP contribution in [0.4, 0.5) is 18.0 Å². The Bertz CT molecular complexity index is 1010. The second-order valence-electron chi connectivity index (χ2n) is 7.92. The third kappa shape index (κ3) is 3.15. The van der Waals surface area contributed by atoms with Gasteiger partial charge >= 0.3 is 18.2 Å². The number of hydrogen-bond acceptors (Lipinski definition) is 4. The lowest BCUT2D eigenvalue weighted by atomic mass is 9.98. The Morgan fingerprint density at radius 3 is 2.19 bits per heavy atom. The molecule has 5 rings (SSSR count).